The molecular formula is C10H10Br2O2. The Morgan fingerprint density at radius 1 is 1.36 bits per heavy atom. The van der Waals surface area contributed by atoms with E-state index in [0.29, 0.717) is 0 Å². The highest BCUT2D eigenvalue weighted by Gasteiger charge is 1.99. The van der Waals surface area contributed by atoms with Crippen LogP contribution in [0.4, 0.5) is 0 Å². The largest absolute Gasteiger partial charge is 0.467 e. The lowest BCUT2D eigenvalue weighted by Crippen LogP contribution is -1.99. The predicted molar refractivity (Wildman–Crippen MR) is 64.8 cm³/mol. The molecule has 0 saturated carbocycles. The summed E-state index contributed by atoms with van der Waals surface area (Å²) in [6.07, 6.45) is 1.92. The van der Waals surface area contributed by atoms with Gasteiger partial charge in [-0.1, -0.05) is 18.2 Å². The topological polar surface area (TPSA) is 18.5 Å². The Hall–Kier alpha value is -0.320. The van der Waals surface area contributed by atoms with Gasteiger partial charge in [0.05, 0.1) is 3.39 Å². The minimum absolute atomic E-state index is 0.255. The van der Waals surface area contributed by atoms with Crippen LogP contribution in [0.5, 0.6) is 5.75 Å². The molecule has 0 spiro atoms. The summed E-state index contributed by atoms with van der Waals surface area (Å²) in [7, 11) is 1.60. The van der Waals surface area contributed by atoms with Crippen LogP contribution in [-0.4, -0.2) is 13.9 Å². The van der Waals surface area contributed by atoms with Crippen molar-refractivity contribution in [2.75, 3.05) is 13.9 Å². The number of methoxy groups -OCH3 is 1. The van der Waals surface area contributed by atoms with Crippen LogP contribution in [0, 0.1) is 0 Å². The third kappa shape index (κ3) is 3.82. The second kappa shape index (κ2) is 6.22. The van der Waals surface area contributed by atoms with E-state index in [4.69, 9.17) is 9.47 Å². The van der Waals surface area contributed by atoms with Crippen molar-refractivity contribution in [3.05, 3.63) is 33.2 Å². The number of hydrogen-bond acceptors (Lipinski definition) is 2. The maximum Gasteiger partial charge on any atom is 0.188 e. The summed E-state index contributed by atoms with van der Waals surface area (Å²) in [5, 5.41) is 0. The SMILES string of the molecule is COCOc1ccccc1C=C(Br)Br. The summed E-state index contributed by atoms with van der Waals surface area (Å²) in [5.41, 5.74) is 0.994. The van der Waals surface area contributed by atoms with Crippen molar-refractivity contribution in [1.82, 2.24) is 0 Å². The van der Waals surface area contributed by atoms with Gasteiger partial charge in [-0.2, -0.15) is 0 Å². The summed E-state index contributed by atoms with van der Waals surface area (Å²) >= 11 is 6.61. The molecule has 1 aromatic rings. The molecule has 76 valence electrons. The molecule has 0 saturated heterocycles. The molecule has 14 heavy (non-hydrogen) atoms. The monoisotopic (exact) mass is 320 g/mol. The number of halogens is 2. The van der Waals surface area contributed by atoms with E-state index in [1.165, 1.54) is 0 Å². The van der Waals surface area contributed by atoms with E-state index < -0.39 is 0 Å². The van der Waals surface area contributed by atoms with Gasteiger partial charge in [0.15, 0.2) is 6.79 Å². The molecule has 0 amide bonds. The minimum atomic E-state index is 0.255. The highest BCUT2D eigenvalue weighted by molar-refractivity contribution is 9.28. The number of para-hydroxylation sites is 1. The Bertz CT molecular complexity index is 320. The van der Waals surface area contributed by atoms with E-state index in [1.54, 1.807) is 7.11 Å². The first-order valence-corrected chi connectivity index (χ1v) is 5.56. The molecule has 0 aliphatic rings. The molecule has 2 nitrogen and oxygen atoms in total. The molecule has 0 atom stereocenters. The number of hydrogen-bond donors (Lipinski definition) is 0. The summed E-state index contributed by atoms with van der Waals surface area (Å²) < 4.78 is 11.1. The Labute approximate surface area is 100 Å². The first kappa shape index (κ1) is 11.8. The highest BCUT2D eigenvalue weighted by Crippen LogP contribution is 2.25. The van der Waals surface area contributed by atoms with E-state index >= 15 is 0 Å². The third-order valence-corrected chi connectivity index (χ3v) is 1.97. The van der Waals surface area contributed by atoms with Gasteiger partial charge in [-0.25, -0.2) is 0 Å². The summed E-state index contributed by atoms with van der Waals surface area (Å²) in [6, 6.07) is 7.74. The molecule has 1 rings (SSSR count). The maximum atomic E-state index is 5.38. The number of rotatable bonds is 4. The molecular weight excluding hydrogens is 312 g/mol. The molecule has 0 aromatic heterocycles. The molecule has 0 aliphatic carbocycles. The van der Waals surface area contributed by atoms with Crippen molar-refractivity contribution in [1.29, 1.82) is 0 Å². The number of ether oxygens (including phenoxy) is 2. The average molecular weight is 322 g/mol. The Kier molecular flexibility index (Phi) is 5.22. The van der Waals surface area contributed by atoms with E-state index in [2.05, 4.69) is 31.9 Å². The van der Waals surface area contributed by atoms with E-state index in [0.717, 1.165) is 14.7 Å². The molecule has 0 fully saturated rings. The quantitative estimate of drug-likeness (QED) is 0.786. The fraction of sp³-hybridized carbons (Fsp3) is 0.200. The van der Waals surface area contributed by atoms with Crippen molar-refractivity contribution in [2.24, 2.45) is 0 Å². The molecule has 0 unspecified atom stereocenters. The van der Waals surface area contributed by atoms with Gasteiger partial charge in [0.1, 0.15) is 5.75 Å². The highest BCUT2D eigenvalue weighted by atomic mass is 79.9. The number of benzene rings is 1. The molecule has 0 heterocycles. The van der Waals surface area contributed by atoms with Crippen molar-refractivity contribution < 1.29 is 9.47 Å². The van der Waals surface area contributed by atoms with Crippen LogP contribution >= 0.6 is 31.9 Å². The zero-order valence-corrected chi connectivity index (χ0v) is 10.8. The van der Waals surface area contributed by atoms with E-state index in [9.17, 15) is 0 Å². The normalized spacial score (nSPS) is 9.64. The lowest BCUT2D eigenvalue weighted by molar-refractivity contribution is 0.0510. The van der Waals surface area contributed by atoms with Crippen LogP contribution < -0.4 is 4.74 Å². The van der Waals surface area contributed by atoms with Crippen LogP contribution in [-0.2, 0) is 4.74 Å². The summed E-state index contributed by atoms with van der Waals surface area (Å²) in [6.45, 7) is 0.255. The van der Waals surface area contributed by atoms with Crippen LogP contribution in [0.3, 0.4) is 0 Å². The molecule has 0 bridgehead atoms. The Balaban J connectivity index is 2.86. The van der Waals surface area contributed by atoms with Gasteiger partial charge in [-0.15, -0.1) is 0 Å². The molecule has 1 aromatic carbocycles. The van der Waals surface area contributed by atoms with Gasteiger partial charge >= 0.3 is 0 Å². The summed E-state index contributed by atoms with van der Waals surface area (Å²) in [5.74, 6) is 0.797. The Morgan fingerprint density at radius 2 is 2.07 bits per heavy atom. The summed E-state index contributed by atoms with van der Waals surface area (Å²) in [4.78, 5) is 0. The standard InChI is InChI=1S/C10H10Br2O2/c1-13-7-14-9-5-3-2-4-8(9)6-10(11)12/h2-6H,7H2,1H3. The van der Waals surface area contributed by atoms with Crippen LogP contribution in [0.15, 0.2) is 27.7 Å². The molecule has 0 aliphatic heterocycles. The van der Waals surface area contributed by atoms with Crippen molar-refractivity contribution in [2.45, 2.75) is 0 Å². The van der Waals surface area contributed by atoms with Crippen LogP contribution in [0.25, 0.3) is 6.08 Å². The van der Waals surface area contributed by atoms with Gasteiger partial charge in [0.25, 0.3) is 0 Å². The lowest BCUT2D eigenvalue weighted by Gasteiger charge is -2.07. The van der Waals surface area contributed by atoms with Crippen molar-refractivity contribution in [3.63, 3.8) is 0 Å². The smallest absolute Gasteiger partial charge is 0.188 e. The van der Waals surface area contributed by atoms with E-state index in [-0.39, 0.29) is 6.79 Å². The van der Waals surface area contributed by atoms with Crippen molar-refractivity contribution in [3.8, 4) is 5.75 Å². The van der Waals surface area contributed by atoms with Gasteiger partial charge in [-0.3, -0.25) is 0 Å². The first-order chi connectivity index (χ1) is 6.74. The minimum Gasteiger partial charge on any atom is -0.467 e. The molecule has 0 radical (unpaired) electrons. The van der Waals surface area contributed by atoms with Crippen LogP contribution in [0.2, 0.25) is 0 Å². The third-order valence-electron chi connectivity index (χ3n) is 1.52. The van der Waals surface area contributed by atoms with E-state index in [1.807, 2.05) is 30.3 Å². The zero-order chi connectivity index (χ0) is 10.4. The second-order valence-corrected chi connectivity index (χ2v) is 5.30. The lowest BCUT2D eigenvalue weighted by atomic mass is 10.2. The second-order valence-electron chi connectivity index (χ2n) is 2.52. The van der Waals surface area contributed by atoms with Gasteiger partial charge < -0.3 is 9.47 Å². The van der Waals surface area contributed by atoms with Gasteiger partial charge in [-0.05, 0) is 44.0 Å². The fourth-order valence-corrected chi connectivity index (χ4v) is 1.46. The van der Waals surface area contributed by atoms with Crippen LogP contribution in [0.1, 0.15) is 5.56 Å². The molecule has 0 N–H and O–H groups in total. The predicted octanol–water partition coefficient (Wildman–Crippen LogP) is 3.76. The zero-order valence-electron chi connectivity index (χ0n) is 7.67. The fourth-order valence-electron chi connectivity index (χ4n) is 0.971. The average Bonchev–Trinajstić information content (AvgIpc) is 2.16. The van der Waals surface area contributed by atoms with Gasteiger partial charge in [0.2, 0.25) is 0 Å². The van der Waals surface area contributed by atoms with Crippen molar-refractivity contribution >= 4 is 37.9 Å². The van der Waals surface area contributed by atoms with Gasteiger partial charge in [0, 0.05) is 12.7 Å². The first-order valence-electron chi connectivity index (χ1n) is 3.97. The molecule has 4 heteroatoms. The Morgan fingerprint density at radius 3 is 2.71 bits per heavy atom. The maximum absolute atomic E-state index is 5.38.